The Morgan fingerprint density at radius 1 is 1.20 bits per heavy atom. The van der Waals surface area contributed by atoms with Crippen LogP contribution in [-0.4, -0.2) is 62.9 Å². The second-order valence-electron chi connectivity index (χ2n) is 6.95. The van der Waals surface area contributed by atoms with E-state index in [9.17, 15) is 9.59 Å². The lowest BCUT2D eigenvalue weighted by Crippen LogP contribution is -2.50. The van der Waals surface area contributed by atoms with Crippen LogP contribution in [0, 0.1) is 11.3 Å². The second-order valence-corrected chi connectivity index (χ2v) is 6.95. The third-order valence-electron chi connectivity index (χ3n) is 4.52. The summed E-state index contributed by atoms with van der Waals surface area (Å²) >= 11 is 0. The first-order chi connectivity index (χ1) is 11.3. The molecule has 7 nitrogen and oxygen atoms in total. The van der Waals surface area contributed by atoms with Crippen molar-refractivity contribution < 1.29 is 9.59 Å². The molecule has 1 aliphatic heterocycles. The summed E-state index contributed by atoms with van der Waals surface area (Å²) in [7, 11) is 3.44. The summed E-state index contributed by atoms with van der Waals surface area (Å²) in [5.41, 5.74) is -0.497. The Bertz CT molecular complexity index is 460. The smallest absolute Gasteiger partial charge is 0.227 e. The quantitative estimate of drug-likeness (QED) is 0.311. The maximum atomic E-state index is 12.1. The van der Waals surface area contributed by atoms with Crippen molar-refractivity contribution in [2.24, 2.45) is 16.3 Å². The Morgan fingerprint density at radius 3 is 2.28 bits per heavy atom. The molecule has 0 saturated carbocycles. The number of rotatable bonds is 6. The summed E-state index contributed by atoms with van der Waals surface area (Å²) in [4.78, 5) is 30.1. The highest BCUT2D eigenvalue weighted by Gasteiger charge is 2.29. The van der Waals surface area contributed by atoms with Crippen LogP contribution in [0.15, 0.2) is 4.99 Å². The third-order valence-corrected chi connectivity index (χ3v) is 4.52. The summed E-state index contributed by atoms with van der Waals surface area (Å²) in [6, 6.07) is 0. The predicted octanol–water partition coefficient (Wildman–Crippen LogP) is 1.19. The van der Waals surface area contributed by atoms with Crippen molar-refractivity contribution in [1.82, 2.24) is 20.9 Å². The molecule has 1 heterocycles. The van der Waals surface area contributed by atoms with E-state index in [0.29, 0.717) is 25.4 Å². The first-order valence-corrected chi connectivity index (χ1v) is 8.78. The van der Waals surface area contributed by atoms with Gasteiger partial charge in [-0.05, 0) is 39.5 Å². The number of amides is 2. The molecule has 0 radical (unpaired) electrons. The van der Waals surface area contributed by atoms with Gasteiger partial charge in [0.15, 0.2) is 5.96 Å². The van der Waals surface area contributed by atoms with Crippen LogP contribution in [0.1, 0.15) is 40.0 Å². The lowest BCUT2D eigenvalue weighted by atomic mass is 9.92. The highest BCUT2D eigenvalue weighted by atomic mass is 127. The molecule has 8 heteroatoms. The Morgan fingerprint density at radius 2 is 1.80 bits per heavy atom. The van der Waals surface area contributed by atoms with Gasteiger partial charge in [-0.25, -0.2) is 0 Å². The van der Waals surface area contributed by atoms with E-state index in [0.717, 1.165) is 31.9 Å². The van der Waals surface area contributed by atoms with Crippen molar-refractivity contribution in [2.45, 2.75) is 40.0 Å². The van der Waals surface area contributed by atoms with Gasteiger partial charge in [0.2, 0.25) is 11.8 Å². The molecule has 0 aromatic heterocycles. The van der Waals surface area contributed by atoms with E-state index in [1.54, 1.807) is 14.1 Å². The number of guanidine groups is 1. The van der Waals surface area contributed by atoms with Crippen LogP contribution in [0.2, 0.25) is 0 Å². The molecule has 146 valence electrons. The molecule has 1 fully saturated rings. The number of aliphatic imine (C=N–C) groups is 1. The number of piperidine rings is 1. The van der Waals surface area contributed by atoms with Crippen LogP contribution in [0.4, 0.5) is 0 Å². The van der Waals surface area contributed by atoms with Gasteiger partial charge in [-0.1, -0.05) is 0 Å². The molecule has 0 aliphatic carbocycles. The van der Waals surface area contributed by atoms with Crippen molar-refractivity contribution in [3.63, 3.8) is 0 Å². The molecule has 1 aliphatic rings. The molecule has 0 atom stereocenters. The van der Waals surface area contributed by atoms with Crippen molar-refractivity contribution >= 4 is 41.8 Å². The van der Waals surface area contributed by atoms with Crippen LogP contribution in [0.5, 0.6) is 0 Å². The summed E-state index contributed by atoms with van der Waals surface area (Å²) in [5, 5.41) is 8.88. The van der Waals surface area contributed by atoms with Gasteiger partial charge in [0.25, 0.3) is 0 Å². The lowest BCUT2D eigenvalue weighted by molar-refractivity contribution is -0.128. The van der Waals surface area contributed by atoms with E-state index in [2.05, 4.69) is 25.8 Å². The lowest BCUT2D eigenvalue weighted by Gasteiger charge is -2.35. The van der Waals surface area contributed by atoms with E-state index in [1.165, 1.54) is 0 Å². The molecule has 1 rings (SSSR count). The molecule has 1 saturated heterocycles. The Kier molecular flexibility index (Phi) is 11.0. The predicted molar refractivity (Wildman–Crippen MR) is 112 cm³/mol. The largest absolute Gasteiger partial charge is 0.359 e. The van der Waals surface area contributed by atoms with Crippen molar-refractivity contribution in [2.75, 3.05) is 40.3 Å². The fourth-order valence-electron chi connectivity index (χ4n) is 2.83. The molecule has 0 aromatic rings. The summed E-state index contributed by atoms with van der Waals surface area (Å²) in [6.45, 7) is 8.69. The summed E-state index contributed by atoms with van der Waals surface area (Å²) in [6.07, 6.45) is 2.56. The van der Waals surface area contributed by atoms with E-state index >= 15 is 0 Å². The SMILES string of the molecule is CCNC(=O)C(C)(C)CNC(=NC)N1CCC(CC(=O)NC)CC1.I. The minimum Gasteiger partial charge on any atom is -0.359 e. The molecule has 25 heavy (non-hydrogen) atoms. The highest BCUT2D eigenvalue weighted by Crippen LogP contribution is 2.21. The molecular formula is C17H34IN5O2. The Labute approximate surface area is 168 Å². The van der Waals surface area contributed by atoms with Crippen LogP contribution in [-0.2, 0) is 9.59 Å². The molecule has 3 N–H and O–H groups in total. The third kappa shape index (κ3) is 7.79. The minimum absolute atomic E-state index is 0. The zero-order valence-electron chi connectivity index (χ0n) is 16.1. The topological polar surface area (TPSA) is 85.8 Å². The molecular weight excluding hydrogens is 433 g/mol. The van der Waals surface area contributed by atoms with Crippen LogP contribution in [0.25, 0.3) is 0 Å². The van der Waals surface area contributed by atoms with Crippen LogP contribution in [0.3, 0.4) is 0 Å². The van der Waals surface area contributed by atoms with E-state index in [-0.39, 0.29) is 35.8 Å². The maximum Gasteiger partial charge on any atom is 0.227 e. The fraction of sp³-hybridized carbons (Fsp3) is 0.824. The van der Waals surface area contributed by atoms with Gasteiger partial charge in [0.05, 0.1) is 5.41 Å². The van der Waals surface area contributed by atoms with Crippen LogP contribution < -0.4 is 16.0 Å². The number of nitrogens with one attached hydrogen (secondary N) is 3. The van der Waals surface area contributed by atoms with Gasteiger partial charge in [0, 0.05) is 46.7 Å². The number of hydrogen-bond acceptors (Lipinski definition) is 3. The van der Waals surface area contributed by atoms with Crippen molar-refractivity contribution in [3.05, 3.63) is 0 Å². The van der Waals surface area contributed by atoms with Crippen LogP contribution >= 0.6 is 24.0 Å². The van der Waals surface area contributed by atoms with E-state index in [4.69, 9.17) is 0 Å². The summed E-state index contributed by atoms with van der Waals surface area (Å²) in [5.74, 6) is 1.41. The number of carbonyl (C=O) groups is 2. The Hall–Kier alpha value is -1.06. The van der Waals surface area contributed by atoms with E-state index < -0.39 is 5.41 Å². The summed E-state index contributed by atoms with van der Waals surface area (Å²) < 4.78 is 0. The van der Waals surface area contributed by atoms with E-state index in [1.807, 2.05) is 20.8 Å². The first-order valence-electron chi connectivity index (χ1n) is 8.78. The van der Waals surface area contributed by atoms with Gasteiger partial charge in [-0.2, -0.15) is 0 Å². The van der Waals surface area contributed by atoms with Gasteiger partial charge in [-0.15, -0.1) is 24.0 Å². The number of likely N-dealkylation sites (tertiary alicyclic amines) is 1. The standard InChI is InChI=1S/C17H33N5O2.HI/c1-6-20-15(24)17(2,3)12-21-16(19-5)22-9-7-13(8-10-22)11-14(23)18-4;/h13H,6-12H2,1-5H3,(H,18,23)(H,19,21)(H,20,24);1H. The van der Waals surface area contributed by atoms with Gasteiger partial charge < -0.3 is 20.9 Å². The van der Waals surface area contributed by atoms with Gasteiger partial charge >= 0.3 is 0 Å². The Balaban J connectivity index is 0.00000576. The van der Waals surface area contributed by atoms with Crippen molar-refractivity contribution in [3.8, 4) is 0 Å². The molecule has 2 amide bonds. The fourth-order valence-corrected chi connectivity index (χ4v) is 2.83. The normalized spacial score (nSPS) is 16.0. The maximum absolute atomic E-state index is 12.1. The van der Waals surface area contributed by atoms with Gasteiger partial charge in [-0.3, -0.25) is 14.6 Å². The molecule has 0 unspecified atom stereocenters. The number of halogens is 1. The number of carbonyl (C=O) groups excluding carboxylic acids is 2. The molecule has 0 spiro atoms. The average molecular weight is 467 g/mol. The highest BCUT2D eigenvalue weighted by molar-refractivity contribution is 14.0. The molecule has 0 aromatic carbocycles. The number of nitrogens with zero attached hydrogens (tertiary/aromatic N) is 2. The average Bonchev–Trinajstić information content (AvgIpc) is 2.56. The minimum atomic E-state index is -0.497. The zero-order chi connectivity index (χ0) is 18.2. The second kappa shape index (κ2) is 11.5. The monoisotopic (exact) mass is 467 g/mol. The number of hydrogen-bond donors (Lipinski definition) is 3. The van der Waals surface area contributed by atoms with Crippen molar-refractivity contribution in [1.29, 1.82) is 0 Å². The zero-order valence-corrected chi connectivity index (χ0v) is 18.5. The molecule has 0 bridgehead atoms. The van der Waals surface area contributed by atoms with Gasteiger partial charge in [0.1, 0.15) is 0 Å². The first kappa shape index (κ1) is 23.9.